The second kappa shape index (κ2) is 6.37. The number of carboxylic acid groups (broad SMARTS) is 1. The van der Waals surface area contributed by atoms with Gasteiger partial charge in [0.25, 0.3) is 0 Å². The number of likely N-dealkylation sites (N-methyl/N-ethyl adjacent to an activating group) is 1. The van der Waals surface area contributed by atoms with Crippen LogP contribution in [0.1, 0.15) is 11.7 Å². The zero-order valence-electron chi connectivity index (χ0n) is 11.0. The lowest BCUT2D eigenvalue weighted by atomic mass is 10.1. The highest BCUT2D eigenvalue weighted by Gasteiger charge is 2.12. The van der Waals surface area contributed by atoms with E-state index in [1.54, 1.807) is 11.9 Å². The average Bonchev–Trinajstić information content (AvgIpc) is 2.27. The first-order valence-electron chi connectivity index (χ1n) is 5.76. The highest BCUT2D eigenvalue weighted by Crippen LogP contribution is 2.18. The number of anilines is 1. The van der Waals surface area contributed by atoms with Gasteiger partial charge in [0.05, 0.1) is 12.6 Å². The molecule has 5 nitrogen and oxygen atoms in total. The third-order valence-corrected chi connectivity index (χ3v) is 2.68. The molecule has 0 saturated carbocycles. The van der Waals surface area contributed by atoms with Crippen molar-refractivity contribution < 1.29 is 15.0 Å². The van der Waals surface area contributed by atoms with Crippen molar-refractivity contribution in [1.82, 2.24) is 4.90 Å². The molecule has 0 aliphatic carbocycles. The Morgan fingerprint density at radius 3 is 2.22 bits per heavy atom. The molecule has 0 amide bonds. The summed E-state index contributed by atoms with van der Waals surface area (Å²) in [5.41, 5.74) is 1.85. The van der Waals surface area contributed by atoms with Crippen molar-refractivity contribution in [1.29, 1.82) is 0 Å². The van der Waals surface area contributed by atoms with Gasteiger partial charge in [-0.1, -0.05) is 12.1 Å². The first kappa shape index (κ1) is 14.5. The molecule has 5 heteroatoms. The number of nitrogens with zero attached hydrogens (tertiary/aromatic N) is 2. The van der Waals surface area contributed by atoms with E-state index in [0.717, 1.165) is 11.3 Å². The Kier molecular flexibility index (Phi) is 5.12. The van der Waals surface area contributed by atoms with E-state index in [4.69, 9.17) is 5.11 Å². The van der Waals surface area contributed by atoms with Gasteiger partial charge in [0, 0.05) is 26.3 Å². The van der Waals surface area contributed by atoms with Crippen molar-refractivity contribution in [3.05, 3.63) is 29.8 Å². The zero-order valence-corrected chi connectivity index (χ0v) is 11.0. The van der Waals surface area contributed by atoms with E-state index in [1.807, 2.05) is 43.3 Å². The van der Waals surface area contributed by atoms with Gasteiger partial charge in [0.2, 0.25) is 0 Å². The van der Waals surface area contributed by atoms with Gasteiger partial charge in [-0.15, -0.1) is 0 Å². The Bertz CT molecular complexity index is 390. The maximum Gasteiger partial charge on any atom is 0.317 e. The van der Waals surface area contributed by atoms with E-state index in [9.17, 15) is 9.90 Å². The number of carbonyl (C=O) groups is 1. The quantitative estimate of drug-likeness (QED) is 0.784. The first-order valence-corrected chi connectivity index (χ1v) is 5.76. The fourth-order valence-corrected chi connectivity index (χ4v) is 1.69. The number of carboxylic acids is 1. The molecule has 0 aromatic heterocycles. The molecule has 0 saturated heterocycles. The standard InChI is InChI=1S/C13H20N2O3/c1-14(2)11-6-4-10(5-7-11)12(16)8-15(3)9-13(17)18/h4-7,12,16H,8-9H2,1-3H3,(H,17,18). The minimum atomic E-state index is -0.896. The molecular weight excluding hydrogens is 232 g/mol. The normalized spacial score (nSPS) is 12.5. The highest BCUT2D eigenvalue weighted by atomic mass is 16.4. The molecule has 1 aromatic rings. The number of aliphatic carboxylic acids is 1. The third kappa shape index (κ3) is 4.35. The van der Waals surface area contributed by atoms with Crippen LogP contribution in [-0.4, -0.2) is 55.3 Å². The molecule has 1 aromatic carbocycles. The Morgan fingerprint density at radius 2 is 1.78 bits per heavy atom. The van der Waals surface area contributed by atoms with Crippen LogP contribution in [-0.2, 0) is 4.79 Å². The average molecular weight is 252 g/mol. The summed E-state index contributed by atoms with van der Waals surface area (Å²) in [5, 5.41) is 18.6. The Morgan fingerprint density at radius 1 is 1.22 bits per heavy atom. The van der Waals surface area contributed by atoms with E-state index >= 15 is 0 Å². The van der Waals surface area contributed by atoms with Gasteiger partial charge in [0.15, 0.2) is 0 Å². The van der Waals surface area contributed by atoms with Crippen LogP contribution in [0.5, 0.6) is 0 Å². The number of hydrogen-bond donors (Lipinski definition) is 2. The van der Waals surface area contributed by atoms with Crippen molar-refractivity contribution in [3.63, 3.8) is 0 Å². The molecule has 0 aliphatic heterocycles. The first-order chi connectivity index (χ1) is 8.40. The molecule has 0 bridgehead atoms. The molecular formula is C13H20N2O3. The number of hydrogen-bond acceptors (Lipinski definition) is 4. The summed E-state index contributed by atoms with van der Waals surface area (Å²) in [4.78, 5) is 14.1. The van der Waals surface area contributed by atoms with Gasteiger partial charge in [-0.05, 0) is 24.7 Å². The SMILES string of the molecule is CN(CC(=O)O)CC(O)c1ccc(N(C)C)cc1. The monoisotopic (exact) mass is 252 g/mol. The summed E-state index contributed by atoms with van der Waals surface area (Å²) in [5.74, 6) is -0.896. The molecule has 0 heterocycles. The number of benzene rings is 1. The summed E-state index contributed by atoms with van der Waals surface area (Å²) in [6.45, 7) is 0.223. The van der Waals surface area contributed by atoms with Crippen molar-refractivity contribution in [3.8, 4) is 0 Å². The van der Waals surface area contributed by atoms with Crippen LogP contribution in [0.15, 0.2) is 24.3 Å². The second-order valence-corrected chi connectivity index (χ2v) is 4.59. The van der Waals surface area contributed by atoms with E-state index < -0.39 is 12.1 Å². The van der Waals surface area contributed by atoms with Gasteiger partial charge in [-0.2, -0.15) is 0 Å². The van der Waals surface area contributed by atoms with Crippen LogP contribution in [0.25, 0.3) is 0 Å². The summed E-state index contributed by atoms with van der Waals surface area (Å²) in [6, 6.07) is 7.56. The molecule has 0 fully saturated rings. The lowest BCUT2D eigenvalue weighted by molar-refractivity contribution is -0.138. The van der Waals surface area contributed by atoms with Crippen LogP contribution in [0.4, 0.5) is 5.69 Å². The zero-order chi connectivity index (χ0) is 13.7. The summed E-state index contributed by atoms with van der Waals surface area (Å²) < 4.78 is 0. The van der Waals surface area contributed by atoms with E-state index in [1.165, 1.54) is 0 Å². The molecule has 1 atom stereocenters. The molecule has 0 spiro atoms. The van der Waals surface area contributed by atoms with Gasteiger partial charge < -0.3 is 15.1 Å². The van der Waals surface area contributed by atoms with Gasteiger partial charge >= 0.3 is 5.97 Å². The number of aliphatic hydroxyl groups is 1. The summed E-state index contributed by atoms with van der Waals surface area (Å²) in [7, 11) is 5.57. The summed E-state index contributed by atoms with van der Waals surface area (Å²) in [6.07, 6.45) is -0.675. The minimum Gasteiger partial charge on any atom is -0.480 e. The topological polar surface area (TPSA) is 64.0 Å². The molecule has 1 unspecified atom stereocenters. The van der Waals surface area contributed by atoms with E-state index in [-0.39, 0.29) is 6.54 Å². The molecule has 18 heavy (non-hydrogen) atoms. The summed E-state index contributed by atoms with van der Waals surface area (Å²) >= 11 is 0. The van der Waals surface area contributed by atoms with E-state index in [0.29, 0.717) is 6.54 Å². The smallest absolute Gasteiger partial charge is 0.317 e. The molecule has 100 valence electrons. The Hall–Kier alpha value is -1.59. The van der Waals surface area contributed by atoms with Crippen LogP contribution >= 0.6 is 0 Å². The Balaban J connectivity index is 2.61. The maximum absolute atomic E-state index is 10.5. The highest BCUT2D eigenvalue weighted by molar-refractivity contribution is 5.69. The fraction of sp³-hybridized carbons (Fsp3) is 0.462. The van der Waals surface area contributed by atoms with Gasteiger partial charge in [0.1, 0.15) is 0 Å². The van der Waals surface area contributed by atoms with Crippen LogP contribution in [0.2, 0.25) is 0 Å². The number of rotatable bonds is 6. The number of aliphatic hydroxyl groups excluding tert-OH is 1. The van der Waals surface area contributed by atoms with Crippen molar-refractivity contribution in [2.24, 2.45) is 0 Å². The molecule has 2 N–H and O–H groups in total. The molecule has 1 rings (SSSR count). The predicted octanol–water partition coefficient (Wildman–Crippen LogP) is 0.802. The maximum atomic E-state index is 10.5. The lowest BCUT2D eigenvalue weighted by Crippen LogP contribution is -2.29. The molecule has 0 aliphatic rings. The van der Waals surface area contributed by atoms with Crippen LogP contribution < -0.4 is 4.90 Å². The molecule has 0 radical (unpaired) electrons. The van der Waals surface area contributed by atoms with Gasteiger partial charge in [-0.25, -0.2) is 0 Å². The van der Waals surface area contributed by atoms with Crippen molar-refractivity contribution >= 4 is 11.7 Å². The second-order valence-electron chi connectivity index (χ2n) is 4.59. The van der Waals surface area contributed by atoms with Crippen LogP contribution in [0, 0.1) is 0 Å². The van der Waals surface area contributed by atoms with E-state index in [2.05, 4.69) is 0 Å². The van der Waals surface area contributed by atoms with Crippen molar-refractivity contribution in [2.75, 3.05) is 39.1 Å². The largest absolute Gasteiger partial charge is 0.480 e. The fourth-order valence-electron chi connectivity index (χ4n) is 1.69. The lowest BCUT2D eigenvalue weighted by Gasteiger charge is -2.20. The Labute approximate surface area is 107 Å². The predicted molar refractivity (Wildman–Crippen MR) is 70.9 cm³/mol. The van der Waals surface area contributed by atoms with Crippen molar-refractivity contribution in [2.45, 2.75) is 6.10 Å². The third-order valence-electron chi connectivity index (χ3n) is 2.68. The van der Waals surface area contributed by atoms with Crippen LogP contribution in [0.3, 0.4) is 0 Å². The van der Waals surface area contributed by atoms with Gasteiger partial charge in [-0.3, -0.25) is 9.69 Å². The minimum absolute atomic E-state index is 0.0765.